The maximum atomic E-state index is 12.7. The molecular weight excluding hydrogens is 374 g/mol. The van der Waals surface area contributed by atoms with Gasteiger partial charge in [0.2, 0.25) is 0 Å². The molecule has 3 aromatic rings. The van der Waals surface area contributed by atoms with Crippen molar-refractivity contribution < 1.29 is 14.3 Å². The van der Waals surface area contributed by atoms with Gasteiger partial charge in [0, 0.05) is 17.7 Å². The van der Waals surface area contributed by atoms with Crippen molar-refractivity contribution in [3.63, 3.8) is 0 Å². The first-order valence-corrected chi connectivity index (χ1v) is 10.4. The molecule has 0 spiro atoms. The lowest BCUT2D eigenvalue weighted by Crippen LogP contribution is -2.23. The molecule has 0 bridgehead atoms. The topological polar surface area (TPSA) is 47.6 Å². The first-order valence-electron chi connectivity index (χ1n) is 10.4. The van der Waals surface area contributed by atoms with Gasteiger partial charge in [-0.1, -0.05) is 62.4 Å². The summed E-state index contributed by atoms with van der Waals surface area (Å²) in [4.78, 5) is 12.7. The van der Waals surface area contributed by atoms with Crippen LogP contribution in [0.2, 0.25) is 0 Å². The number of hydrogen-bond acceptors (Lipinski definition) is 3. The molecule has 4 nitrogen and oxygen atoms in total. The molecule has 0 fully saturated rings. The maximum Gasteiger partial charge on any atom is 0.251 e. The van der Waals surface area contributed by atoms with Crippen LogP contribution in [0, 0.1) is 0 Å². The minimum atomic E-state index is -0.120. The first-order chi connectivity index (χ1) is 14.6. The molecule has 0 heterocycles. The zero-order valence-corrected chi connectivity index (χ0v) is 17.9. The fourth-order valence-electron chi connectivity index (χ4n) is 3.25. The second-order valence-corrected chi connectivity index (χ2v) is 7.40. The van der Waals surface area contributed by atoms with Crippen molar-refractivity contribution in [2.45, 2.75) is 39.8 Å². The van der Waals surface area contributed by atoms with E-state index in [-0.39, 0.29) is 5.91 Å². The third kappa shape index (κ3) is 5.63. The summed E-state index contributed by atoms with van der Waals surface area (Å²) in [5.74, 6) is 1.83. The van der Waals surface area contributed by atoms with E-state index in [1.807, 2.05) is 67.6 Å². The van der Waals surface area contributed by atoms with Gasteiger partial charge in [-0.25, -0.2) is 0 Å². The van der Waals surface area contributed by atoms with E-state index in [4.69, 9.17) is 9.47 Å². The van der Waals surface area contributed by atoms with E-state index in [0.29, 0.717) is 31.2 Å². The predicted molar refractivity (Wildman–Crippen MR) is 120 cm³/mol. The van der Waals surface area contributed by atoms with Crippen LogP contribution in [0.5, 0.6) is 11.5 Å². The summed E-state index contributed by atoms with van der Waals surface area (Å²) < 4.78 is 11.9. The quantitative estimate of drug-likeness (QED) is 0.497. The van der Waals surface area contributed by atoms with Crippen molar-refractivity contribution in [3.05, 3.63) is 95.1 Å². The van der Waals surface area contributed by atoms with E-state index in [9.17, 15) is 4.79 Å². The molecule has 0 aliphatic carbocycles. The standard InChI is InChI=1S/C26H29NO3/c1-4-29-24-15-14-21(26(28)27-17-20-10-6-5-7-11-20)16-22(24)18-30-25-13-9-8-12-23(25)19(2)3/h5-16,19H,4,17-18H2,1-3H3,(H,27,28). The lowest BCUT2D eigenvalue weighted by atomic mass is 10.0. The molecule has 0 radical (unpaired) electrons. The van der Waals surface area contributed by atoms with Gasteiger partial charge in [0.15, 0.2) is 0 Å². The van der Waals surface area contributed by atoms with Gasteiger partial charge < -0.3 is 14.8 Å². The lowest BCUT2D eigenvalue weighted by Gasteiger charge is -2.16. The summed E-state index contributed by atoms with van der Waals surface area (Å²) in [6, 6.07) is 23.4. The number of carbonyl (C=O) groups is 1. The second-order valence-electron chi connectivity index (χ2n) is 7.40. The smallest absolute Gasteiger partial charge is 0.251 e. The molecule has 0 aromatic heterocycles. The van der Waals surface area contributed by atoms with Gasteiger partial charge in [0.05, 0.1) is 6.61 Å². The molecule has 0 atom stereocenters. The Kier molecular flexibility index (Phi) is 7.50. The van der Waals surface area contributed by atoms with E-state index in [0.717, 1.165) is 28.2 Å². The molecule has 0 unspecified atom stereocenters. The van der Waals surface area contributed by atoms with Crippen molar-refractivity contribution in [1.82, 2.24) is 5.32 Å². The minimum absolute atomic E-state index is 0.120. The van der Waals surface area contributed by atoms with Crippen molar-refractivity contribution in [1.29, 1.82) is 0 Å². The third-order valence-electron chi connectivity index (χ3n) is 4.84. The number of rotatable bonds is 9. The van der Waals surface area contributed by atoms with Crippen LogP contribution in [0.1, 0.15) is 53.7 Å². The number of para-hydroxylation sites is 1. The Balaban J connectivity index is 1.75. The number of ether oxygens (including phenoxy) is 2. The highest BCUT2D eigenvalue weighted by Crippen LogP contribution is 2.28. The largest absolute Gasteiger partial charge is 0.493 e. The molecule has 3 rings (SSSR count). The average Bonchev–Trinajstić information content (AvgIpc) is 2.77. The molecule has 1 amide bonds. The fraction of sp³-hybridized carbons (Fsp3) is 0.269. The number of benzene rings is 3. The van der Waals surface area contributed by atoms with E-state index >= 15 is 0 Å². The van der Waals surface area contributed by atoms with Gasteiger partial charge in [-0.15, -0.1) is 0 Å². The summed E-state index contributed by atoms with van der Waals surface area (Å²) in [5.41, 5.74) is 3.66. The molecule has 0 aliphatic heterocycles. The Morgan fingerprint density at radius 3 is 2.37 bits per heavy atom. The number of nitrogens with one attached hydrogen (secondary N) is 1. The Morgan fingerprint density at radius 2 is 1.63 bits per heavy atom. The summed E-state index contributed by atoms with van der Waals surface area (Å²) in [6.07, 6.45) is 0. The van der Waals surface area contributed by atoms with Crippen LogP contribution in [0.4, 0.5) is 0 Å². The van der Waals surface area contributed by atoms with Crippen LogP contribution < -0.4 is 14.8 Å². The molecule has 0 saturated carbocycles. The van der Waals surface area contributed by atoms with Crippen LogP contribution >= 0.6 is 0 Å². The van der Waals surface area contributed by atoms with Gasteiger partial charge in [0.1, 0.15) is 18.1 Å². The van der Waals surface area contributed by atoms with Gasteiger partial charge in [-0.3, -0.25) is 4.79 Å². The molecule has 3 aromatic carbocycles. The molecule has 1 N–H and O–H groups in total. The predicted octanol–water partition coefficient (Wildman–Crippen LogP) is 5.72. The van der Waals surface area contributed by atoms with Crippen LogP contribution in [0.25, 0.3) is 0 Å². The maximum absolute atomic E-state index is 12.7. The van der Waals surface area contributed by atoms with Crippen molar-refractivity contribution in [3.8, 4) is 11.5 Å². The van der Waals surface area contributed by atoms with E-state index < -0.39 is 0 Å². The van der Waals surface area contributed by atoms with Crippen molar-refractivity contribution in [2.75, 3.05) is 6.61 Å². The Bertz CT molecular complexity index is 967. The highest BCUT2D eigenvalue weighted by Gasteiger charge is 2.13. The SMILES string of the molecule is CCOc1ccc(C(=O)NCc2ccccc2)cc1COc1ccccc1C(C)C. The summed E-state index contributed by atoms with van der Waals surface area (Å²) in [6.45, 7) is 7.60. The second kappa shape index (κ2) is 10.5. The highest BCUT2D eigenvalue weighted by atomic mass is 16.5. The normalized spacial score (nSPS) is 10.7. The van der Waals surface area contributed by atoms with Gasteiger partial charge in [0.25, 0.3) is 5.91 Å². The third-order valence-corrected chi connectivity index (χ3v) is 4.84. The summed E-state index contributed by atoms with van der Waals surface area (Å²) >= 11 is 0. The molecule has 4 heteroatoms. The minimum Gasteiger partial charge on any atom is -0.493 e. The highest BCUT2D eigenvalue weighted by molar-refractivity contribution is 5.94. The number of amides is 1. The summed E-state index contributed by atoms with van der Waals surface area (Å²) in [7, 11) is 0. The Labute approximate surface area is 178 Å². The van der Waals surface area contributed by atoms with E-state index in [1.165, 1.54) is 0 Å². The van der Waals surface area contributed by atoms with Crippen LogP contribution in [-0.4, -0.2) is 12.5 Å². The molecule has 0 saturated heterocycles. The molecule has 0 aliphatic rings. The van der Waals surface area contributed by atoms with Gasteiger partial charge >= 0.3 is 0 Å². The van der Waals surface area contributed by atoms with Crippen LogP contribution in [-0.2, 0) is 13.2 Å². The summed E-state index contributed by atoms with van der Waals surface area (Å²) in [5, 5.41) is 2.97. The van der Waals surface area contributed by atoms with E-state index in [2.05, 4.69) is 25.2 Å². The Hall–Kier alpha value is -3.27. The van der Waals surface area contributed by atoms with Crippen LogP contribution in [0.15, 0.2) is 72.8 Å². The molecular formula is C26H29NO3. The van der Waals surface area contributed by atoms with Crippen LogP contribution in [0.3, 0.4) is 0 Å². The monoisotopic (exact) mass is 403 g/mol. The zero-order chi connectivity index (χ0) is 21.3. The van der Waals surface area contributed by atoms with Crippen molar-refractivity contribution >= 4 is 5.91 Å². The van der Waals surface area contributed by atoms with Gasteiger partial charge in [-0.05, 0) is 48.2 Å². The number of carbonyl (C=O) groups excluding carboxylic acids is 1. The van der Waals surface area contributed by atoms with Crippen molar-refractivity contribution in [2.24, 2.45) is 0 Å². The van der Waals surface area contributed by atoms with E-state index in [1.54, 1.807) is 6.07 Å². The molecule has 30 heavy (non-hydrogen) atoms. The van der Waals surface area contributed by atoms with Gasteiger partial charge in [-0.2, -0.15) is 0 Å². The fourth-order valence-corrected chi connectivity index (χ4v) is 3.25. The Morgan fingerprint density at radius 1 is 0.900 bits per heavy atom. The zero-order valence-electron chi connectivity index (χ0n) is 17.9. The number of hydrogen-bond donors (Lipinski definition) is 1. The lowest BCUT2D eigenvalue weighted by molar-refractivity contribution is 0.0950. The average molecular weight is 404 g/mol. The molecule has 156 valence electrons. The first kappa shape index (κ1) is 21.4.